The fourth-order valence-electron chi connectivity index (χ4n) is 2.20. The Labute approximate surface area is 130 Å². The van der Waals surface area contributed by atoms with Crippen molar-refractivity contribution in [1.29, 1.82) is 0 Å². The molecular weight excluding hydrogens is 284 g/mol. The van der Waals surface area contributed by atoms with Crippen LogP contribution in [-0.2, 0) is 14.3 Å². The molecule has 0 aliphatic carbocycles. The molecule has 0 saturated carbocycles. The fraction of sp³-hybridized carbons (Fsp3) is 0.500. The summed E-state index contributed by atoms with van der Waals surface area (Å²) in [4.78, 5) is 23.5. The largest absolute Gasteiger partial charge is 0.376 e. The predicted octanol–water partition coefficient (Wildman–Crippen LogP) is 1.57. The maximum atomic E-state index is 12.0. The minimum Gasteiger partial charge on any atom is -0.376 e. The van der Waals surface area contributed by atoms with E-state index < -0.39 is 6.10 Å². The second kappa shape index (κ2) is 7.91. The molecular formula is C16H22N2O4. The van der Waals surface area contributed by atoms with Crippen molar-refractivity contribution in [2.24, 2.45) is 0 Å². The standard InChI is InChI=1S/C16H22N2O4/c1-11(22-10-14-4-3-9-21-14)15(19)18-13-7-5-12(6-8-13)16(20)17-2/h5-8,11,14H,3-4,9-10H2,1-2H3,(H,17,20)(H,18,19)/t11-,14-/m1/s1. The fourth-order valence-corrected chi connectivity index (χ4v) is 2.20. The van der Waals surface area contributed by atoms with Crippen LogP contribution in [0.15, 0.2) is 24.3 Å². The van der Waals surface area contributed by atoms with E-state index in [1.54, 1.807) is 38.2 Å². The Morgan fingerprint density at radius 1 is 1.36 bits per heavy atom. The summed E-state index contributed by atoms with van der Waals surface area (Å²) in [5, 5.41) is 5.31. The molecule has 0 bridgehead atoms. The Kier molecular flexibility index (Phi) is 5.91. The lowest BCUT2D eigenvalue weighted by Crippen LogP contribution is -2.30. The minimum atomic E-state index is -0.553. The number of hydrogen-bond acceptors (Lipinski definition) is 4. The zero-order valence-electron chi connectivity index (χ0n) is 12.9. The van der Waals surface area contributed by atoms with Crippen molar-refractivity contribution in [2.45, 2.75) is 32.0 Å². The summed E-state index contributed by atoms with van der Waals surface area (Å²) in [6, 6.07) is 6.70. The van der Waals surface area contributed by atoms with Crippen LogP contribution >= 0.6 is 0 Å². The predicted molar refractivity (Wildman–Crippen MR) is 82.8 cm³/mol. The smallest absolute Gasteiger partial charge is 0.253 e. The SMILES string of the molecule is CNC(=O)c1ccc(NC(=O)[C@@H](C)OC[C@H]2CCCO2)cc1. The maximum Gasteiger partial charge on any atom is 0.253 e. The van der Waals surface area contributed by atoms with Crippen LogP contribution in [0, 0.1) is 0 Å². The van der Waals surface area contributed by atoms with Crippen molar-refractivity contribution in [1.82, 2.24) is 5.32 Å². The number of rotatable bonds is 6. The van der Waals surface area contributed by atoms with E-state index in [-0.39, 0.29) is 17.9 Å². The van der Waals surface area contributed by atoms with Crippen LogP contribution in [0.3, 0.4) is 0 Å². The van der Waals surface area contributed by atoms with Crippen molar-refractivity contribution in [3.63, 3.8) is 0 Å². The van der Waals surface area contributed by atoms with E-state index >= 15 is 0 Å². The first-order valence-electron chi connectivity index (χ1n) is 7.46. The highest BCUT2D eigenvalue weighted by Gasteiger charge is 2.20. The monoisotopic (exact) mass is 306 g/mol. The summed E-state index contributed by atoms with van der Waals surface area (Å²) in [5.41, 5.74) is 1.17. The number of benzene rings is 1. The van der Waals surface area contributed by atoms with E-state index in [0.29, 0.717) is 17.9 Å². The van der Waals surface area contributed by atoms with E-state index in [2.05, 4.69) is 10.6 Å². The highest BCUT2D eigenvalue weighted by molar-refractivity contribution is 5.96. The number of nitrogens with one attached hydrogen (secondary N) is 2. The van der Waals surface area contributed by atoms with Crippen molar-refractivity contribution in [2.75, 3.05) is 25.6 Å². The normalized spacial score (nSPS) is 18.7. The molecule has 1 fully saturated rings. The topological polar surface area (TPSA) is 76.7 Å². The van der Waals surface area contributed by atoms with E-state index in [9.17, 15) is 9.59 Å². The molecule has 0 spiro atoms. The lowest BCUT2D eigenvalue weighted by atomic mass is 10.2. The summed E-state index contributed by atoms with van der Waals surface area (Å²) in [6.07, 6.45) is 1.58. The maximum absolute atomic E-state index is 12.0. The molecule has 2 amide bonds. The van der Waals surface area contributed by atoms with Crippen LogP contribution < -0.4 is 10.6 Å². The first-order valence-corrected chi connectivity index (χ1v) is 7.46. The van der Waals surface area contributed by atoms with Gasteiger partial charge in [-0.25, -0.2) is 0 Å². The summed E-state index contributed by atoms with van der Waals surface area (Å²) in [6.45, 7) is 2.92. The third kappa shape index (κ3) is 4.54. The zero-order valence-corrected chi connectivity index (χ0v) is 12.9. The third-order valence-corrected chi connectivity index (χ3v) is 3.57. The molecule has 0 aromatic heterocycles. The van der Waals surface area contributed by atoms with Crippen LogP contribution in [-0.4, -0.2) is 44.3 Å². The molecule has 1 heterocycles. The van der Waals surface area contributed by atoms with Crippen LogP contribution in [0.4, 0.5) is 5.69 Å². The van der Waals surface area contributed by atoms with Crippen molar-refractivity contribution >= 4 is 17.5 Å². The molecule has 1 saturated heterocycles. The van der Waals surface area contributed by atoms with Gasteiger partial charge in [-0.05, 0) is 44.0 Å². The molecule has 1 aliphatic rings. The third-order valence-electron chi connectivity index (χ3n) is 3.57. The molecule has 0 unspecified atom stereocenters. The molecule has 1 aliphatic heterocycles. The van der Waals surface area contributed by atoms with Gasteiger partial charge in [0.15, 0.2) is 0 Å². The van der Waals surface area contributed by atoms with Crippen LogP contribution in [0.2, 0.25) is 0 Å². The summed E-state index contributed by atoms with van der Waals surface area (Å²) in [7, 11) is 1.57. The van der Waals surface area contributed by atoms with E-state index in [1.165, 1.54) is 0 Å². The summed E-state index contributed by atoms with van der Waals surface area (Å²) >= 11 is 0. The number of carbonyl (C=O) groups is 2. The summed E-state index contributed by atoms with van der Waals surface area (Å²) in [5.74, 6) is -0.378. The average molecular weight is 306 g/mol. The summed E-state index contributed by atoms with van der Waals surface area (Å²) < 4.78 is 11.0. The van der Waals surface area contributed by atoms with Gasteiger partial charge in [0.2, 0.25) is 0 Å². The van der Waals surface area contributed by atoms with Crippen molar-refractivity contribution in [3.8, 4) is 0 Å². The second-order valence-corrected chi connectivity index (χ2v) is 5.26. The van der Waals surface area contributed by atoms with E-state index in [1.807, 2.05) is 0 Å². The number of amides is 2. The molecule has 120 valence electrons. The first-order chi connectivity index (χ1) is 10.6. The molecule has 1 aromatic carbocycles. The quantitative estimate of drug-likeness (QED) is 0.836. The molecule has 6 heteroatoms. The number of anilines is 1. The Hall–Kier alpha value is -1.92. The molecule has 0 radical (unpaired) electrons. The van der Waals surface area contributed by atoms with E-state index in [4.69, 9.17) is 9.47 Å². The van der Waals surface area contributed by atoms with Gasteiger partial charge in [0.25, 0.3) is 11.8 Å². The molecule has 6 nitrogen and oxygen atoms in total. The highest BCUT2D eigenvalue weighted by Crippen LogP contribution is 2.14. The van der Waals surface area contributed by atoms with Gasteiger partial charge in [-0.2, -0.15) is 0 Å². The van der Waals surface area contributed by atoms with Crippen LogP contribution in [0.1, 0.15) is 30.1 Å². The Morgan fingerprint density at radius 3 is 2.68 bits per heavy atom. The van der Waals surface area contributed by atoms with Crippen LogP contribution in [0.25, 0.3) is 0 Å². The minimum absolute atomic E-state index is 0.0992. The van der Waals surface area contributed by atoms with Gasteiger partial charge >= 0.3 is 0 Å². The van der Waals surface area contributed by atoms with Gasteiger partial charge in [0.05, 0.1) is 12.7 Å². The van der Waals surface area contributed by atoms with Gasteiger partial charge < -0.3 is 20.1 Å². The van der Waals surface area contributed by atoms with Crippen molar-refractivity contribution < 1.29 is 19.1 Å². The number of carbonyl (C=O) groups excluding carboxylic acids is 2. The Morgan fingerprint density at radius 2 is 2.09 bits per heavy atom. The van der Waals surface area contributed by atoms with Crippen molar-refractivity contribution in [3.05, 3.63) is 29.8 Å². The molecule has 2 atom stereocenters. The molecule has 2 rings (SSSR count). The first kappa shape index (κ1) is 16.5. The van der Waals surface area contributed by atoms with Crippen LogP contribution in [0.5, 0.6) is 0 Å². The molecule has 22 heavy (non-hydrogen) atoms. The molecule has 1 aromatic rings. The highest BCUT2D eigenvalue weighted by atomic mass is 16.5. The molecule has 2 N–H and O–H groups in total. The van der Waals surface area contributed by atoms with Gasteiger partial charge in [0.1, 0.15) is 6.10 Å². The number of hydrogen-bond donors (Lipinski definition) is 2. The second-order valence-electron chi connectivity index (χ2n) is 5.26. The van der Waals surface area contributed by atoms with Gasteiger partial charge in [-0.3, -0.25) is 9.59 Å². The Bertz CT molecular complexity index is 509. The van der Waals surface area contributed by atoms with Gasteiger partial charge in [-0.1, -0.05) is 0 Å². The lowest BCUT2D eigenvalue weighted by molar-refractivity contribution is -0.128. The Balaban J connectivity index is 1.81. The van der Waals surface area contributed by atoms with Gasteiger partial charge in [0, 0.05) is 24.9 Å². The zero-order chi connectivity index (χ0) is 15.9. The van der Waals surface area contributed by atoms with E-state index in [0.717, 1.165) is 19.4 Å². The van der Waals surface area contributed by atoms with Gasteiger partial charge in [-0.15, -0.1) is 0 Å². The lowest BCUT2D eigenvalue weighted by Gasteiger charge is -2.16. The average Bonchev–Trinajstić information content (AvgIpc) is 3.06. The number of ether oxygens (including phenoxy) is 2.